The van der Waals surface area contributed by atoms with Gasteiger partial charge in [-0.05, 0) is 137 Å². The fraction of sp³-hybridized carbons (Fsp3) is 0.940. The number of hydrogen-bond donors (Lipinski definition) is 21. The molecule has 28 nitrogen and oxygen atoms in total. The van der Waals surface area contributed by atoms with Crippen molar-refractivity contribution in [1.29, 1.82) is 0 Å². The summed E-state index contributed by atoms with van der Waals surface area (Å²) in [5, 5.41) is 157. The van der Waals surface area contributed by atoms with E-state index in [-0.39, 0.29) is 30.2 Å². The predicted octanol–water partition coefficient (Wildman–Crippen LogP) is 7.32. The first-order chi connectivity index (χ1) is 55.9. The second-order valence-electron chi connectivity index (χ2n) is 33.5. The van der Waals surface area contributed by atoms with E-state index in [1.54, 1.807) is 27.3 Å². The Bertz CT molecular complexity index is 2250. The van der Waals surface area contributed by atoms with Gasteiger partial charge in [-0.2, -0.15) is 0 Å². The number of amides is 5. The van der Waals surface area contributed by atoms with E-state index >= 15 is 0 Å². The van der Waals surface area contributed by atoms with Crippen LogP contribution in [-0.2, 0) is 24.0 Å². The summed E-state index contributed by atoms with van der Waals surface area (Å²) in [4.78, 5) is 68.7. The predicted molar refractivity (Wildman–Crippen MR) is 469 cm³/mol. The average Bonchev–Trinajstić information content (AvgIpc) is 0.883. The van der Waals surface area contributed by atoms with Crippen LogP contribution in [0.2, 0.25) is 27.3 Å². The quantitative estimate of drug-likeness (QED) is 0.0209. The van der Waals surface area contributed by atoms with Crippen LogP contribution in [0.15, 0.2) is 0 Å². The molecule has 0 spiro atoms. The van der Waals surface area contributed by atoms with Crippen LogP contribution in [-0.4, -0.2) is 272 Å². The number of carbonyl (C=O) groups is 5. The number of aliphatic hydroxyl groups excluding tert-OH is 10. The largest absolute Gasteiger partial charge is 0.437 e. The van der Waals surface area contributed by atoms with Crippen LogP contribution in [0.5, 0.6) is 0 Å². The van der Waals surface area contributed by atoms with Gasteiger partial charge in [0.1, 0.15) is 42.7 Å². The molecule has 0 radical (unpaired) electrons. The molecule has 0 saturated heterocycles. The standard InChI is InChI=1S/C84H173B4N9O19/c1-85(113)93-61-51-53-63-96(87(3)115)66-70(67-97(88(4)116)64-54-52-62-94-86(2)114)55-45-41-44-50-58-89-82(110)71(95-75(103)57-47-40-36-32-28-24-20-16-12-8-6-10-14-18-22-26-30-34-38-43-49-60-91-84(112)81(109)79(107)77(105)73(101)69-99)65-92-74(102)56-46-39-35-31-27-23-19-15-11-7-5-9-13-17-21-25-29-33-37-42-48-59-90-83(111)80(108)78(106)76(104)72(100)68-98/h70-73,76-81,93-94,98-101,104-109,113-116H,5-69H2,1-4H3,(H,89,110)(H,90,111)(H,91,112)(H,92,102)(H,95,103)/t71?,72-,73+,76+,77-,78-,79+,80+,81-/m1/s1. The molecule has 5 amide bonds. The van der Waals surface area contributed by atoms with Crippen molar-refractivity contribution in [2.75, 3.05) is 78.7 Å². The zero-order valence-corrected chi connectivity index (χ0v) is 73.2. The molecule has 0 heterocycles. The topological polar surface area (TPSA) is 459 Å². The molecule has 1 unspecified atom stereocenters. The number of aliphatic hydroxyl groups is 10. The molecule has 680 valence electrons. The lowest BCUT2D eigenvalue weighted by Crippen LogP contribution is -2.52. The summed E-state index contributed by atoms with van der Waals surface area (Å²) in [6.07, 6.45) is 42.1. The van der Waals surface area contributed by atoms with Crippen molar-refractivity contribution >= 4 is 57.7 Å². The highest BCUT2D eigenvalue weighted by Gasteiger charge is 2.36. The van der Waals surface area contributed by atoms with Gasteiger partial charge in [0.05, 0.1) is 13.2 Å². The number of rotatable bonds is 87. The van der Waals surface area contributed by atoms with E-state index in [0.717, 1.165) is 161 Å². The van der Waals surface area contributed by atoms with E-state index in [1.807, 2.05) is 0 Å². The van der Waals surface area contributed by atoms with Crippen LogP contribution in [0.3, 0.4) is 0 Å². The summed E-state index contributed by atoms with van der Waals surface area (Å²) in [5.74, 6) is -2.08. The highest BCUT2D eigenvalue weighted by molar-refractivity contribution is 6.46. The van der Waals surface area contributed by atoms with Crippen LogP contribution < -0.4 is 37.0 Å². The number of nitrogens with one attached hydrogen (secondary N) is 7. The highest BCUT2D eigenvalue weighted by Crippen LogP contribution is 2.21. The normalized spacial score (nSPS) is 14.1. The molecule has 116 heavy (non-hydrogen) atoms. The van der Waals surface area contributed by atoms with E-state index in [4.69, 9.17) is 10.2 Å². The van der Waals surface area contributed by atoms with Gasteiger partial charge in [-0.3, -0.25) is 24.0 Å². The van der Waals surface area contributed by atoms with Gasteiger partial charge in [-0.25, -0.2) is 0 Å². The molecule has 0 saturated carbocycles. The van der Waals surface area contributed by atoms with Crippen LogP contribution >= 0.6 is 0 Å². The third-order valence-corrected chi connectivity index (χ3v) is 22.5. The monoisotopic (exact) mass is 1660 g/mol. The van der Waals surface area contributed by atoms with Gasteiger partial charge in [-0.1, -0.05) is 263 Å². The van der Waals surface area contributed by atoms with Gasteiger partial charge in [0, 0.05) is 39.0 Å². The lowest BCUT2D eigenvalue weighted by atomic mass is 9.80. The molecule has 0 bridgehead atoms. The molecule has 21 N–H and O–H groups in total. The Hall–Kier alpha value is -3.11. The number of hydrogen-bond acceptors (Lipinski definition) is 23. The number of nitrogens with zero attached hydrogens (tertiary/aromatic N) is 2. The van der Waals surface area contributed by atoms with E-state index in [0.29, 0.717) is 71.7 Å². The summed E-state index contributed by atoms with van der Waals surface area (Å²) in [6.45, 7) is 10.7. The Morgan fingerprint density at radius 3 is 0.845 bits per heavy atom. The van der Waals surface area contributed by atoms with Gasteiger partial charge in [0.2, 0.25) is 17.7 Å². The van der Waals surface area contributed by atoms with E-state index in [1.165, 1.54) is 167 Å². The second kappa shape index (κ2) is 79.1. The highest BCUT2D eigenvalue weighted by atomic mass is 16.4. The van der Waals surface area contributed by atoms with Crippen molar-refractivity contribution in [2.45, 2.75) is 422 Å². The fourth-order valence-corrected chi connectivity index (χ4v) is 14.8. The van der Waals surface area contributed by atoms with Gasteiger partial charge in [0.15, 0.2) is 12.2 Å². The fourth-order valence-electron chi connectivity index (χ4n) is 14.8. The number of carbonyl (C=O) groups excluding carboxylic acids is 5. The smallest absolute Gasteiger partial charge is 0.376 e. The molecule has 9 atom stereocenters. The zero-order chi connectivity index (χ0) is 86.0. The molecule has 0 aliphatic heterocycles. The second-order valence-corrected chi connectivity index (χ2v) is 33.5. The lowest BCUT2D eigenvalue weighted by Gasteiger charge is -2.33. The SMILES string of the molecule is CB(O)NCCCCN(CC(CCCCCCNC(=O)C(CNC(=O)CCCCCCCCCCCCCCCCCCCCCCCNC(=O)[C@@H](O)[C@H](O)[C@@H](O)[C@H](O)CO)NC(=O)CCCCCCCCCCCCCCCCCCCCCCCNC(=O)[C@H](O)[C@@H](O)[C@H](O)[C@@H](O)CO)CN(CCCCNB(C)O)B(C)O)B(C)O. The van der Waals surface area contributed by atoms with E-state index in [2.05, 4.69) is 46.7 Å². The van der Waals surface area contributed by atoms with E-state index in [9.17, 15) is 84.9 Å². The molecule has 0 aliphatic rings. The minimum absolute atomic E-state index is 0.0284. The van der Waals surface area contributed by atoms with Crippen molar-refractivity contribution in [3.8, 4) is 0 Å². The van der Waals surface area contributed by atoms with Crippen LogP contribution in [0.25, 0.3) is 0 Å². The minimum Gasteiger partial charge on any atom is -0.437 e. The maximum absolute atomic E-state index is 13.8. The molecule has 0 rings (SSSR count). The lowest BCUT2D eigenvalue weighted by molar-refractivity contribution is -0.149. The summed E-state index contributed by atoms with van der Waals surface area (Å²) >= 11 is 0. The van der Waals surface area contributed by atoms with Crippen LogP contribution in [0, 0.1) is 5.92 Å². The van der Waals surface area contributed by atoms with Crippen molar-refractivity contribution in [3.05, 3.63) is 0 Å². The molecule has 0 aromatic rings. The Morgan fingerprint density at radius 2 is 0.560 bits per heavy atom. The van der Waals surface area contributed by atoms with Crippen molar-refractivity contribution in [1.82, 2.24) is 46.7 Å². The first-order valence-electron chi connectivity index (χ1n) is 46.6. The molecule has 0 fully saturated rings. The average molecular weight is 1660 g/mol. The van der Waals surface area contributed by atoms with Gasteiger partial charge >= 0.3 is 28.2 Å². The number of unbranched alkanes of at least 4 members (excludes halogenated alkanes) is 45. The Balaban J connectivity index is 4.87. The molecule has 32 heteroatoms. The van der Waals surface area contributed by atoms with Crippen molar-refractivity contribution in [2.24, 2.45) is 5.92 Å². The third-order valence-electron chi connectivity index (χ3n) is 22.5. The Morgan fingerprint density at radius 1 is 0.302 bits per heavy atom. The maximum Gasteiger partial charge on any atom is 0.376 e. The minimum atomic E-state index is -1.90. The Kier molecular flexibility index (Phi) is 77.0. The van der Waals surface area contributed by atoms with Crippen molar-refractivity contribution < 1.29 is 95.1 Å². The first kappa shape index (κ1) is 113. The Labute approximate surface area is 703 Å². The van der Waals surface area contributed by atoms with Gasteiger partial charge in [0.25, 0.3) is 11.8 Å². The van der Waals surface area contributed by atoms with Crippen LogP contribution in [0.4, 0.5) is 0 Å². The summed E-state index contributed by atoms with van der Waals surface area (Å²) in [6, 6.07) is -0.885. The van der Waals surface area contributed by atoms with Gasteiger partial charge in [-0.15, -0.1) is 0 Å². The maximum atomic E-state index is 13.8. The van der Waals surface area contributed by atoms with Crippen molar-refractivity contribution in [3.63, 3.8) is 0 Å². The van der Waals surface area contributed by atoms with Crippen LogP contribution in [0.1, 0.15) is 340 Å². The summed E-state index contributed by atoms with van der Waals surface area (Å²) in [7, 11) is -2.43. The summed E-state index contributed by atoms with van der Waals surface area (Å²) < 4.78 is 0. The molecule has 0 aromatic carbocycles. The third kappa shape index (κ3) is 66.5. The first-order valence-corrected chi connectivity index (χ1v) is 46.6. The summed E-state index contributed by atoms with van der Waals surface area (Å²) in [5.41, 5.74) is 0. The molecular formula is C84H173B4N9O19. The molecular weight excluding hydrogens is 1480 g/mol. The van der Waals surface area contributed by atoms with Gasteiger partial charge < -0.3 is 118 Å². The molecule has 0 aromatic heterocycles. The molecule has 0 aliphatic carbocycles. The van der Waals surface area contributed by atoms with E-state index < -0.39 is 108 Å². The zero-order valence-electron chi connectivity index (χ0n) is 73.2.